The first-order valence-corrected chi connectivity index (χ1v) is 10.7. The fourth-order valence-corrected chi connectivity index (χ4v) is 2.99. The standard InChI is InChI=1S/C26H28N2O3/c1-3-4-5-9-18-30-24-15-12-22(13-16-24)27-28-23-14-17-25(20(2)19-23)31-26(29)21-10-7-6-8-11-21/h6-8,10-17,19H,3-5,9,18H2,1-2H3. The van der Waals surface area contributed by atoms with E-state index in [0.717, 1.165) is 30.0 Å². The summed E-state index contributed by atoms with van der Waals surface area (Å²) in [5.74, 6) is 0.967. The van der Waals surface area contributed by atoms with Crippen molar-refractivity contribution in [1.29, 1.82) is 0 Å². The number of carbonyl (C=O) groups excluding carboxylic acids is 1. The van der Waals surface area contributed by atoms with E-state index in [9.17, 15) is 4.79 Å². The summed E-state index contributed by atoms with van der Waals surface area (Å²) in [6, 6.07) is 21.9. The lowest BCUT2D eigenvalue weighted by Crippen LogP contribution is -2.08. The van der Waals surface area contributed by atoms with E-state index in [4.69, 9.17) is 9.47 Å². The summed E-state index contributed by atoms with van der Waals surface area (Å²) in [5, 5.41) is 8.56. The Hall–Kier alpha value is -3.47. The second kappa shape index (κ2) is 11.6. The molecule has 0 saturated heterocycles. The van der Waals surface area contributed by atoms with Crippen LogP contribution < -0.4 is 9.47 Å². The van der Waals surface area contributed by atoms with Crippen molar-refractivity contribution in [3.8, 4) is 11.5 Å². The number of ether oxygens (including phenoxy) is 2. The number of hydrogen-bond donors (Lipinski definition) is 0. The molecule has 31 heavy (non-hydrogen) atoms. The fraction of sp³-hybridized carbons (Fsp3) is 0.269. The third-order valence-electron chi connectivity index (χ3n) is 4.75. The quantitative estimate of drug-likeness (QED) is 0.148. The van der Waals surface area contributed by atoms with Crippen molar-refractivity contribution in [1.82, 2.24) is 0 Å². The predicted molar refractivity (Wildman–Crippen MR) is 123 cm³/mol. The highest BCUT2D eigenvalue weighted by Gasteiger charge is 2.10. The molecule has 0 aliphatic heterocycles. The normalized spacial score (nSPS) is 10.9. The number of hydrogen-bond acceptors (Lipinski definition) is 5. The van der Waals surface area contributed by atoms with Crippen LogP contribution in [0.2, 0.25) is 0 Å². The van der Waals surface area contributed by atoms with Crippen LogP contribution in [0.1, 0.15) is 48.5 Å². The predicted octanol–water partition coefficient (Wildman–Crippen LogP) is 7.59. The van der Waals surface area contributed by atoms with Gasteiger partial charge < -0.3 is 9.47 Å². The number of carbonyl (C=O) groups is 1. The molecule has 0 bridgehead atoms. The molecule has 3 aromatic rings. The summed E-state index contributed by atoms with van der Waals surface area (Å²) in [6.45, 7) is 4.81. The Bertz CT molecular complexity index is 999. The molecule has 0 fully saturated rings. The largest absolute Gasteiger partial charge is 0.494 e. The fourth-order valence-electron chi connectivity index (χ4n) is 2.99. The van der Waals surface area contributed by atoms with Crippen molar-refractivity contribution in [2.45, 2.75) is 39.5 Å². The van der Waals surface area contributed by atoms with Crippen LogP contribution >= 0.6 is 0 Å². The molecule has 3 rings (SSSR count). The highest BCUT2D eigenvalue weighted by molar-refractivity contribution is 5.91. The molecule has 3 aromatic carbocycles. The van der Waals surface area contributed by atoms with Crippen molar-refractivity contribution >= 4 is 17.3 Å². The Morgan fingerprint density at radius 3 is 2.26 bits per heavy atom. The third kappa shape index (κ3) is 7.07. The van der Waals surface area contributed by atoms with Gasteiger partial charge in [-0.15, -0.1) is 0 Å². The number of rotatable bonds is 10. The van der Waals surface area contributed by atoms with Gasteiger partial charge >= 0.3 is 5.97 Å². The maximum atomic E-state index is 12.2. The van der Waals surface area contributed by atoms with E-state index in [1.54, 1.807) is 36.4 Å². The van der Waals surface area contributed by atoms with Gasteiger partial charge in [0, 0.05) is 0 Å². The molecule has 0 N–H and O–H groups in total. The van der Waals surface area contributed by atoms with Crippen molar-refractivity contribution in [3.63, 3.8) is 0 Å². The SMILES string of the molecule is CCCCCCOc1ccc(N=Nc2ccc(OC(=O)c3ccccc3)c(C)c2)cc1. The summed E-state index contributed by atoms with van der Waals surface area (Å²) < 4.78 is 11.2. The Balaban J connectivity index is 1.55. The molecule has 0 atom stereocenters. The lowest BCUT2D eigenvalue weighted by Gasteiger charge is -2.08. The molecule has 0 heterocycles. The van der Waals surface area contributed by atoms with Gasteiger partial charge in [-0.05, 0) is 73.5 Å². The van der Waals surface area contributed by atoms with Gasteiger partial charge in [0.25, 0.3) is 0 Å². The summed E-state index contributed by atoms with van der Waals surface area (Å²) >= 11 is 0. The maximum absolute atomic E-state index is 12.2. The van der Waals surface area contributed by atoms with Crippen LogP contribution in [0.4, 0.5) is 11.4 Å². The van der Waals surface area contributed by atoms with Crippen LogP contribution in [-0.2, 0) is 0 Å². The van der Waals surface area contributed by atoms with Crippen LogP contribution in [-0.4, -0.2) is 12.6 Å². The van der Waals surface area contributed by atoms with Gasteiger partial charge in [0.15, 0.2) is 0 Å². The van der Waals surface area contributed by atoms with Gasteiger partial charge in [0.2, 0.25) is 0 Å². The summed E-state index contributed by atoms with van der Waals surface area (Å²) in [7, 11) is 0. The van der Waals surface area contributed by atoms with Gasteiger partial charge in [0.1, 0.15) is 11.5 Å². The first-order chi connectivity index (χ1) is 15.2. The van der Waals surface area contributed by atoms with Crippen molar-refractivity contribution in [2.75, 3.05) is 6.61 Å². The zero-order valence-corrected chi connectivity index (χ0v) is 18.1. The molecule has 0 aliphatic rings. The summed E-state index contributed by atoms with van der Waals surface area (Å²) in [4.78, 5) is 12.2. The lowest BCUT2D eigenvalue weighted by atomic mass is 10.2. The van der Waals surface area contributed by atoms with E-state index in [0.29, 0.717) is 17.0 Å². The van der Waals surface area contributed by atoms with E-state index in [-0.39, 0.29) is 5.97 Å². The van der Waals surface area contributed by atoms with Crippen LogP contribution in [0.3, 0.4) is 0 Å². The van der Waals surface area contributed by atoms with Gasteiger partial charge in [-0.2, -0.15) is 10.2 Å². The van der Waals surface area contributed by atoms with Gasteiger partial charge in [-0.1, -0.05) is 44.4 Å². The van der Waals surface area contributed by atoms with Crippen molar-refractivity contribution < 1.29 is 14.3 Å². The van der Waals surface area contributed by atoms with Crippen molar-refractivity contribution in [3.05, 3.63) is 83.9 Å². The average Bonchev–Trinajstić information content (AvgIpc) is 2.80. The van der Waals surface area contributed by atoms with Crippen LogP contribution in [0.5, 0.6) is 11.5 Å². The minimum atomic E-state index is -0.384. The average molecular weight is 417 g/mol. The topological polar surface area (TPSA) is 60.3 Å². The number of azo groups is 1. The number of benzene rings is 3. The zero-order valence-electron chi connectivity index (χ0n) is 18.1. The molecule has 160 valence electrons. The molecule has 0 spiro atoms. The van der Waals surface area contributed by atoms with Crippen molar-refractivity contribution in [2.24, 2.45) is 10.2 Å². The van der Waals surface area contributed by atoms with Gasteiger partial charge in [0.05, 0.1) is 23.5 Å². The number of nitrogens with zero attached hydrogens (tertiary/aromatic N) is 2. The number of aryl methyl sites for hydroxylation is 1. The summed E-state index contributed by atoms with van der Waals surface area (Å²) in [5.41, 5.74) is 2.76. The smallest absolute Gasteiger partial charge is 0.343 e. The highest BCUT2D eigenvalue weighted by Crippen LogP contribution is 2.27. The monoisotopic (exact) mass is 416 g/mol. The Morgan fingerprint density at radius 2 is 1.55 bits per heavy atom. The number of esters is 1. The minimum Gasteiger partial charge on any atom is -0.494 e. The molecule has 0 unspecified atom stereocenters. The first kappa shape index (κ1) is 22.2. The number of unbranched alkanes of at least 4 members (excludes halogenated alkanes) is 3. The van der Waals surface area contributed by atoms with Crippen LogP contribution in [0, 0.1) is 6.92 Å². The molecule has 0 aliphatic carbocycles. The van der Waals surface area contributed by atoms with E-state index in [2.05, 4.69) is 17.2 Å². The molecular formula is C26H28N2O3. The lowest BCUT2D eigenvalue weighted by molar-refractivity contribution is 0.0733. The molecule has 0 amide bonds. The molecule has 5 nitrogen and oxygen atoms in total. The van der Waals surface area contributed by atoms with Gasteiger partial charge in [-0.25, -0.2) is 4.79 Å². The molecular weight excluding hydrogens is 388 g/mol. The summed E-state index contributed by atoms with van der Waals surface area (Å²) in [6.07, 6.45) is 4.75. The molecule has 0 aromatic heterocycles. The van der Waals surface area contributed by atoms with Crippen LogP contribution in [0.25, 0.3) is 0 Å². The Kier molecular flexibility index (Phi) is 8.35. The maximum Gasteiger partial charge on any atom is 0.343 e. The first-order valence-electron chi connectivity index (χ1n) is 10.7. The minimum absolute atomic E-state index is 0.384. The highest BCUT2D eigenvalue weighted by atomic mass is 16.5. The van der Waals surface area contributed by atoms with E-state index in [1.165, 1.54) is 19.3 Å². The third-order valence-corrected chi connectivity index (χ3v) is 4.75. The zero-order chi connectivity index (χ0) is 21.9. The van der Waals surface area contributed by atoms with E-state index < -0.39 is 0 Å². The molecule has 5 heteroatoms. The van der Waals surface area contributed by atoms with E-state index >= 15 is 0 Å². The van der Waals surface area contributed by atoms with E-state index in [1.807, 2.05) is 43.3 Å². The Labute approximate surface area is 183 Å². The Morgan fingerprint density at radius 1 is 0.839 bits per heavy atom. The second-order valence-corrected chi connectivity index (χ2v) is 7.31. The molecule has 0 radical (unpaired) electrons. The molecule has 0 saturated carbocycles. The van der Waals surface area contributed by atoms with Gasteiger partial charge in [-0.3, -0.25) is 0 Å². The second-order valence-electron chi connectivity index (χ2n) is 7.31. The van der Waals surface area contributed by atoms with Crippen LogP contribution in [0.15, 0.2) is 83.0 Å².